The number of nitrogens with zero attached hydrogens (tertiary/aromatic N) is 1. The van der Waals surface area contributed by atoms with Crippen LogP contribution in [0.25, 0.3) is 22.6 Å². The van der Waals surface area contributed by atoms with Crippen LogP contribution in [0.1, 0.15) is 15.9 Å². The predicted molar refractivity (Wildman–Crippen MR) is 141 cm³/mol. The van der Waals surface area contributed by atoms with Gasteiger partial charge in [0.25, 0.3) is 5.91 Å². The second kappa shape index (κ2) is 10.3. The van der Waals surface area contributed by atoms with E-state index in [1.165, 1.54) is 7.11 Å². The molecule has 0 unspecified atom stereocenters. The molecule has 1 aromatic heterocycles. The molecule has 180 valence electrons. The Morgan fingerprint density at radius 1 is 0.889 bits per heavy atom. The second-order valence-corrected chi connectivity index (χ2v) is 8.82. The minimum atomic E-state index is -0.293. The lowest BCUT2D eigenvalue weighted by Gasteiger charge is -2.12. The van der Waals surface area contributed by atoms with Crippen LogP contribution >= 0.6 is 23.2 Å². The van der Waals surface area contributed by atoms with Gasteiger partial charge in [0.15, 0.2) is 17.1 Å². The maximum atomic E-state index is 12.9. The summed E-state index contributed by atoms with van der Waals surface area (Å²) in [6, 6.07) is 24.9. The minimum Gasteiger partial charge on any atom is -0.493 e. The number of nitrogens with one attached hydrogen (secondary N) is 1. The summed E-state index contributed by atoms with van der Waals surface area (Å²) in [5.74, 6) is 1.17. The average molecular weight is 519 g/mol. The van der Waals surface area contributed by atoms with Crippen LogP contribution in [0.3, 0.4) is 0 Å². The Morgan fingerprint density at radius 3 is 2.33 bits per heavy atom. The lowest BCUT2D eigenvalue weighted by atomic mass is 10.1. The first-order valence-electron chi connectivity index (χ1n) is 11.0. The van der Waals surface area contributed by atoms with E-state index in [9.17, 15) is 4.79 Å². The number of carbonyl (C=O) groups excluding carboxylic acids is 1. The highest BCUT2D eigenvalue weighted by Crippen LogP contribution is 2.30. The number of carbonyl (C=O) groups is 1. The largest absolute Gasteiger partial charge is 0.493 e. The Hall–Kier alpha value is -4.00. The fraction of sp³-hybridized carbons (Fsp3) is 0.0714. The van der Waals surface area contributed by atoms with Crippen molar-refractivity contribution >= 4 is 45.9 Å². The number of fused-ring (bicyclic) bond motifs is 1. The smallest absolute Gasteiger partial charge is 0.255 e. The molecule has 1 N–H and O–H groups in total. The molecular weight excluding hydrogens is 499 g/mol. The number of anilines is 1. The number of ether oxygens (including phenoxy) is 2. The van der Waals surface area contributed by atoms with Crippen LogP contribution in [0.2, 0.25) is 10.0 Å². The van der Waals surface area contributed by atoms with E-state index >= 15 is 0 Å². The van der Waals surface area contributed by atoms with E-state index in [0.717, 1.165) is 11.1 Å². The number of halogens is 2. The van der Waals surface area contributed by atoms with Crippen molar-refractivity contribution < 1.29 is 18.7 Å². The summed E-state index contributed by atoms with van der Waals surface area (Å²) in [6.07, 6.45) is 0. The van der Waals surface area contributed by atoms with Crippen molar-refractivity contribution in [2.24, 2.45) is 0 Å². The summed E-state index contributed by atoms with van der Waals surface area (Å²) in [6.45, 7) is 0.342. The highest BCUT2D eigenvalue weighted by molar-refractivity contribution is 6.30. The van der Waals surface area contributed by atoms with Crippen molar-refractivity contribution in [2.75, 3.05) is 12.4 Å². The number of methoxy groups -OCH3 is 1. The molecule has 1 amide bonds. The summed E-state index contributed by atoms with van der Waals surface area (Å²) in [5, 5.41) is 4.19. The Bertz CT molecular complexity index is 1530. The van der Waals surface area contributed by atoms with E-state index in [4.69, 9.17) is 37.1 Å². The third-order valence-corrected chi connectivity index (χ3v) is 5.97. The lowest BCUT2D eigenvalue weighted by molar-refractivity contribution is 0.102. The number of benzene rings is 4. The van der Waals surface area contributed by atoms with Crippen LogP contribution in [0.4, 0.5) is 5.69 Å². The van der Waals surface area contributed by atoms with Gasteiger partial charge in [0, 0.05) is 26.9 Å². The van der Waals surface area contributed by atoms with Gasteiger partial charge in [0.05, 0.1) is 7.11 Å². The summed E-state index contributed by atoms with van der Waals surface area (Å²) < 4.78 is 17.2. The summed E-state index contributed by atoms with van der Waals surface area (Å²) in [5.41, 5.74) is 4.03. The molecule has 0 fully saturated rings. The van der Waals surface area contributed by atoms with Crippen LogP contribution in [-0.2, 0) is 6.61 Å². The van der Waals surface area contributed by atoms with Gasteiger partial charge in [-0.3, -0.25) is 4.79 Å². The number of aromatic nitrogens is 1. The number of hydrogen-bond acceptors (Lipinski definition) is 5. The molecule has 0 saturated heterocycles. The molecule has 1 heterocycles. The van der Waals surface area contributed by atoms with E-state index in [1.54, 1.807) is 60.7 Å². The topological polar surface area (TPSA) is 73.6 Å². The number of hydrogen-bond donors (Lipinski definition) is 1. The molecule has 0 radical (unpaired) electrons. The Kier molecular flexibility index (Phi) is 6.80. The molecule has 0 aliphatic carbocycles. The van der Waals surface area contributed by atoms with Crippen molar-refractivity contribution in [2.45, 2.75) is 6.61 Å². The first-order chi connectivity index (χ1) is 17.5. The van der Waals surface area contributed by atoms with Gasteiger partial charge in [-0.05, 0) is 78.4 Å². The van der Waals surface area contributed by atoms with Crippen LogP contribution in [0.15, 0.2) is 89.3 Å². The first kappa shape index (κ1) is 23.7. The van der Waals surface area contributed by atoms with E-state index < -0.39 is 0 Å². The standard InChI is InChI=1S/C28H20Cl2N2O4/c1-34-26-14-19(6-12-25(26)35-16-17-2-7-20(29)8-3-17)27(33)31-22-11-13-24-23(15-22)32-28(36-24)18-4-9-21(30)10-5-18/h2-15H,16H2,1H3,(H,31,33). The SMILES string of the molecule is COc1cc(C(=O)Nc2ccc3oc(-c4ccc(Cl)cc4)nc3c2)ccc1OCc1ccc(Cl)cc1. The molecule has 5 aromatic rings. The van der Waals surface area contributed by atoms with Crippen molar-refractivity contribution in [1.82, 2.24) is 4.98 Å². The highest BCUT2D eigenvalue weighted by atomic mass is 35.5. The van der Waals surface area contributed by atoms with Gasteiger partial charge in [-0.15, -0.1) is 0 Å². The van der Waals surface area contributed by atoms with Crippen molar-refractivity contribution in [3.8, 4) is 23.0 Å². The molecule has 5 rings (SSSR count). The zero-order valence-electron chi connectivity index (χ0n) is 19.1. The van der Waals surface area contributed by atoms with Crippen LogP contribution < -0.4 is 14.8 Å². The Balaban J connectivity index is 1.30. The van der Waals surface area contributed by atoms with Gasteiger partial charge >= 0.3 is 0 Å². The normalized spacial score (nSPS) is 10.9. The number of amides is 1. The van der Waals surface area contributed by atoms with Crippen LogP contribution in [-0.4, -0.2) is 18.0 Å². The number of oxazole rings is 1. The third-order valence-electron chi connectivity index (χ3n) is 5.47. The van der Waals surface area contributed by atoms with Crippen molar-refractivity contribution in [3.63, 3.8) is 0 Å². The molecule has 0 saturated carbocycles. The predicted octanol–water partition coefficient (Wildman–Crippen LogP) is 7.64. The maximum Gasteiger partial charge on any atom is 0.255 e. The van der Waals surface area contributed by atoms with E-state index in [0.29, 0.717) is 56.4 Å². The molecule has 0 spiro atoms. The van der Waals surface area contributed by atoms with Crippen molar-refractivity contribution in [1.29, 1.82) is 0 Å². The fourth-order valence-corrected chi connectivity index (χ4v) is 3.85. The van der Waals surface area contributed by atoms with E-state index in [2.05, 4.69) is 10.3 Å². The lowest BCUT2D eigenvalue weighted by Crippen LogP contribution is -2.12. The summed E-state index contributed by atoms with van der Waals surface area (Å²) in [4.78, 5) is 17.5. The molecule has 6 nitrogen and oxygen atoms in total. The average Bonchev–Trinajstić information content (AvgIpc) is 3.32. The van der Waals surface area contributed by atoms with E-state index in [1.807, 2.05) is 24.3 Å². The first-order valence-corrected chi connectivity index (χ1v) is 11.8. The summed E-state index contributed by atoms with van der Waals surface area (Å²) in [7, 11) is 1.53. The second-order valence-electron chi connectivity index (χ2n) is 7.94. The molecule has 4 aromatic carbocycles. The molecular formula is C28H20Cl2N2O4. The molecule has 0 aliphatic heterocycles. The third kappa shape index (κ3) is 5.30. The van der Waals surface area contributed by atoms with Gasteiger partial charge in [0.2, 0.25) is 5.89 Å². The van der Waals surface area contributed by atoms with Gasteiger partial charge in [-0.1, -0.05) is 35.3 Å². The molecule has 0 atom stereocenters. The van der Waals surface area contributed by atoms with Crippen LogP contribution in [0.5, 0.6) is 11.5 Å². The fourth-order valence-electron chi connectivity index (χ4n) is 3.59. The monoisotopic (exact) mass is 518 g/mol. The number of rotatable bonds is 7. The van der Waals surface area contributed by atoms with Gasteiger partial charge in [-0.2, -0.15) is 0 Å². The quantitative estimate of drug-likeness (QED) is 0.239. The molecule has 8 heteroatoms. The molecule has 0 bridgehead atoms. The Morgan fingerprint density at radius 2 is 1.61 bits per heavy atom. The molecule has 36 heavy (non-hydrogen) atoms. The highest BCUT2D eigenvalue weighted by Gasteiger charge is 2.14. The Labute approximate surface area is 217 Å². The van der Waals surface area contributed by atoms with Crippen molar-refractivity contribution in [3.05, 3.63) is 106 Å². The van der Waals surface area contributed by atoms with Gasteiger partial charge < -0.3 is 19.2 Å². The molecule has 0 aliphatic rings. The minimum absolute atomic E-state index is 0.293. The van der Waals surface area contributed by atoms with E-state index in [-0.39, 0.29) is 5.91 Å². The zero-order valence-corrected chi connectivity index (χ0v) is 20.6. The maximum absolute atomic E-state index is 12.9. The van der Waals surface area contributed by atoms with Crippen LogP contribution in [0, 0.1) is 0 Å². The van der Waals surface area contributed by atoms with Gasteiger partial charge in [-0.25, -0.2) is 4.98 Å². The summed E-state index contributed by atoms with van der Waals surface area (Å²) >= 11 is 11.9. The van der Waals surface area contributed by atoms with Gasteiger partial charge in [0.1, 0.15) is 12.1 Å². The zero-order chi connectivity index (χ0) is 25.1.